The number of likely N-dealkylation sites (N-methyl/N-ethyl adjacent to an activating group) is 1. The molecule has 0 saturated carbocycles. The summed E-state index contributed by atoms with van der Waals surface area (Å²) in [5.41, 5.74) is 4.03. The smallest absolute Gasteiger partial charge is 0.123 e. The van der Waals surface area contributed by atoms with Crippen LogP contribution in [0.3, 0.4) is 0 Å². The van der Waals surface area contributed by atoms with E-state index in [9.17, 15) is 4.39 Å². The highest BCUT2D eigenvalue weighted by Crippen LogP contribution is 2.45. The fraction of sp³-hybridized carbons (Fsp3) is 0.429. The van der Waals surface area contributed by atoms with Gasteiger partial charge < -0.3 is 9.64 Å². The van der Waals surface area contributed by atoms with Crippen LogP contribution in [0.25, 0.3) is 0 Å². The Morgan fingerprint density at radius 3 is 2.80 bits per heavy atom. The molecule has 0 spiro atoms. The van der Waals surface area contributed by atoms with Crippen molar-refractivity contribution in [3.05, 3.63) is 65.0 Å². The molecule has 3 atom stereocenters. The molecular formula is C21H25ClFNO. The Morgan fingerprint density at radius 2 is 2.04 bits per heavy atom. The Kier molecular flexibility index (Phi) is 5.35. The van der Waals surface area contributed by atoms with Crippen LogP contribution in [-0.2, 0) is 12.8 Å². The highest BCUT2D eigenvalue weighted by molar-refractivity contribution is 5.85. The van der Waals surface area contributed by atoms with E-state index in [4.69, 9.17) is 4.74 Å². The van der Waals surface area contributed by atoms with Gasteiger partial charge in [-0.25, -0.2) is 4.39 Å². The molecule has 4 rings (SSSR count). The van der Waals surface area contributed by atoms with Gasteiger partial charge in [0, 0.05) is 18.5 Å². The quantitative estimate of drug-likeness (QED) is 0.800. The molecule has 2 aromatic carbocycles. The van der Waals surface area contributed by atoms with Crippen LogP contribution in [0.15, 0.2) is 42.5 Å². The number of rotatable bonds is 3. The lowest BCUT2D eigenvalue weighted by molar-refractivity contribution is 0.259. The molecule has 0 amide bonds. The second-order valence-corrected chi connectivity index (χ2v) is 7.21. The Morgan fingerprint density at radius 1 is 1.20 bits per heavy atom. The van der Waals surface area contributed by atoms with E-state index in [-0.39, 0.29) is 18.2 Å². The minimum absolute atomic E-state index is 0. The van der Waals surface area contributed by atoms with Gasteiger partial charge in [0.2, 0.25) is 0 Å². The first-order chi connectivity index (χ1) is 11.7. The van der Waals surface area contributed by atoms with Crippen molar-refractivity contribution in [2.24, 2.45) is 5.92 Å². The highest BCUT2D eigenvalue weighted by Gasteiger charge is 2.43. The Bertz CT molecular complexity index is 750. The molecule has 2 aromatic rings. The second kappa shape index (κ2) is 7.35. The molecule has 1 fully saturated rings. The van der Waals surface area contributed by atoms with E-state index in [1.54, 1.807) is 13.2 Å². The number of ether oxygens (including phenoxy) is 1. The van der Waals surface area contributed by atoms with Gasteiger partial charge in [0.15, 0.2) is 0 Å². The van der Waals surface area contributed by atoms with Crippen molar-refractivity contribution in [3.63, 3.8) is 0 Å². The average molecular weight is 362 g/mol. The maximum Gasteiger partial charge on any atom is 0.123 e. The summed E-state index contributed by atoms with van der Waals surface area (Å²) in [7, 11) is 3.94. The standard InChI is InChI=1S/C21H24FNO.ClH/c1-23-13-20-18-9-7-17(24-2)12-15(18)6-8-19(20)21(23)11-14-4-3-5-16(22)10-14;/h3-5,7,9-10,12,19-21H,6,8,11,13H2,1-2H3;1H. The van der Waals surface area contributed by atoms with Crippen LogP contribution in [0.1, 0.15) is 29.0 Å². The van der Waals surface area contributed by atoms with Crippen LogP contribution in [0, 0.1) is 11.7 Å². The van der Waals surface area contributed by atoms with E-state index < -0.39 is 0 Å². The summed E-state index contributed by atoms with van der Waals surface area (Å²) in [6, 6.07) is 14.1. The average Bonchev–Trinajstić information content (AvgIpc) is 2.90. The van der Waals surface area contributed by atoms with E-state index in [2.05, 4.69) is 30.1 Å². The van der Waals surface area contributed by atoms with Crippen LogP contribution in [0.2, 0.25) is 0 Å². The van der Waals surface area contributed by atoms with Crippen LogP contribution < -0.4 is 4.74 Å². The zero-order valence-corrected chi connectivity index (χ0v) is 15.6. The summed E-state index contributed by atoms with van der Waals surface area (Å²) in [5, 5.41) is 0. The van der Waals surface area contributed by atoms with Crippen LogP contribution in [-0.4, -0.2) is 31.6 Å². The number of nitrogens with zero attached hydrogens (tertiary/aromatic N) is 1. The minimum Gasteiger partial charge on any atom is -0.497 e. The molecule has 2 aliphatic rings. The monoisotopic (exact) mass is 361 g/mol. The van der Waals surface area contributed by atoms with Crippen LogP contribution in [0.5, 0.6) is 5.75 Å². The number of hydrogen-bond acceptors (Lipinski definition) is 2. The maximum atomic E-state index is 13.5. The van der Waals surface area contributed by atoms with E-state index in [0.717, 1.165) is 30.7 Å². The SMILES string of the molecule is COc1ccc2c(c1)CCC1C2CN(C)C1Cc1cccc(F)c1.Cl. The summed E-state index contributed by atoms with van der Waals surface area (Å²) < 4.78 is 18.9. The lowest BCUT2D eigenvalue weighted by atomic mass is 9.73. The number of benzene rings is 2. The molecule has 2 nitrogen and oxygen atoms in total. The largest absolute Gasteiger partial charge is 0.497 e. The van der Waals surface area contributed by atoms with Gasteiger partial charge in [-0.2, -0.15) is 0 Å². The van der Waals surface area contributed by atoms with E-state index in [1.807, 2.05) is 12.1 Å². The van der Waals surface area contributed by atoms with E-state index in [1.165, 1.54) is 23.6 Å². The number of halogens is 2. The highest BCUT2D eigenvalue weighted by atomic mass is 35.5. The van der Waals surface area contributed by atoms with Gasteiger partial charge in [-0.05, 0) is 73.2 Å². The normalized spacial score (nSPS) is 25.0. The zero-order valence-electron chi connectivity index (χ0n) is 14.7. The van der Waals surface area contributed by atoms with Crippen molar-refractivity contribution >= 4 is 12.4 Å². The molecule has 0 N–H and O–H groups in total. The Labute approximate surface area is 155 Å². The third-order valence-electron chi connectivity index (χ3n) is 5.89. The predicted molar refractivity (Wildman–Crippen MR) is 101 cm³/mol. The second-order valence-electron chi connectivity index (χ2n) is 7.21. The third kappa shape index (κ3) is 3.40. The fourth-order valence-electron chi connectivity index (χ4n) is 4.72. The van der Waals surface area contributed by atoms with Gasteiger partial charge in [-0.3, -0.25) is 0 Å². The summed E-state index contributed by atoms with van der Waals surface area (Å²) >= 11 is 0. The molecule has 1 saturated heterocycles. The first-order valence-corrected chi connectivity index (χ1v) is 8.77. The molecule has 0 bridgehead atoms. The number of methoxy groups -OCH3 is 1. The molecule has 0 radical (unpaired) electrons. The van der Waals surface area contributed by atoms with Crippen LogP contribution >= 0.6 is 12.4 Å². The van der Waals surface area contributed by atoms with E-state index in [0.29, 0.717) is 17.9 Å². The molecule has 4 heteroatoms. The van der Waals surface area contributed by atoms with Crippen molar-refractivity contribution in [2.75, 3.05) is 20.7 Å². The Hall–Kier alpha value is -1.58. The number of likely N-dealkylation sites (tertiary alicyclic amines) is 1. The van der Waals surface area contributed by atoms with Gasteiger partial charge in [-0.15, -0.1) is 12.4 Å². The summed E-state index contributed by atoms with van der Waals surface area (Å²) in [4.78, 5) is 2.47. The van der Waals surface area contributed by atoms with Crippen molar-refractivity contribution in [1.29, 1.82) is 0 Å². The van der Waals surface area contributed by atoms with Crippen molar-refractivity contribution < 1.29 is 9.13 Å². The molecule has 1 aliphatic heterocycles. The molecule has 25 heavy (non-hydrogen) atoms. The van der Waals surface area contributed by atoms with Crippen LogP contribution in [0.4, 0.5) is 4.39 Å². The Balaban J connectivity index is 0.00000182. The van der Waals surface area contributed by atoms with Gasteiger partial charge in [0.25, 0.3) is 0 Å². The molecule has 1 aliphatic carbocycles. The topological polar surface area (TPSA) is 12.5 Å². The van der Waals surface area contributed by atoms with Gasteiger partial charge in [0.05, 0.1) is 7.11 Å². The van der Waals surface area contributed by atoms with Gasteiger partial charge in [0.1, 0.15) is 11.6 Å². The maximum absolute atomic E-state index is 13.5. The third-order valence-corrected chi connectivity index (χ3v) is 5.89. The molecule has 3 unspecified atom stereocenters. The minimum atomic E-state index is -0.134. The van der Waals surface area contributed by atoms with Gasteiger partial charge in [-0.1, -0.05) is 18.2 Å². The molecule has 1 heterocycles. The number of hydrogen-bond donors (Lipinski definition) is 0. The van der Waals surface area contributed by atoms with Crippen molar-refractivity contribution in [2.45, 2.75) is 31.2 Å². The van der Waals surface area contributed by atoms with Crippen molar-refractivity contribution in [3.8, 4) is 5.75 Å². The molecule has 0 aromatic heterocycles. The number of aryl methyl sites for hydroxylation is 1. The lowest BCUT2D eigenvalue weighted by Crippen LogP contribution is -2.32. The van der Waals surface area contributed by atoms with Crippen molar-refractivity contribution in [1.82, 2.24) is 4.90 Å². The molecular weight excluding hydrogens is 337 g/mol. The predicted octanol–water partition coefficient (Wildman–Crippen LogP) is 4.46. The summed E-state index contributed by atoms with van der Waals surface area (Å²) in [5.74, 6) is 2.06. The zero-order chi connectivity index (χ0) is 16.7. The molecule has 134 valence electrons. The van der Waals surface area contributed by atoms with Gasteiger partial charge >= 0.3 is 0 Å². The number of fused-ring (bicyclic) bond motifs is 3. The lowest BCUT2D eigenvalue weighted by Gasteiger charge is -2.31. The van der Waals surface area contributed by atoms with E-state index >= 15 is 0 Å². The fourth-order valence-corrected chi connectivity index (χ4v) is 4.72. The first kappa shape index (κ1) is 18.2. The summed E-state index contributed by atoms with van der Waals surface area (Å²) in [6.45, 7) is 1.09. The first-order valence-electron chi connectivity index (χ1n) is 8.77. The summed E-state index contributed by atoms with van der Waals surface area (Å²) in [6.07, 6.45) is 3.25.